The molecular formula is C15H9BrFN3. The highest BCUT2D eigenvalue weighted by molar-refractivity contribution is 9.10. The predicted molar refractivity (Wildman–Crippen MR) is 78.5 cm³/mol. The maximum atomic E-state index is 14.2. The van der Waals surface area contributed by atoms with Gasteiger partial charge < -0.3 is 4.57 Å². The smallest absolute Gasteiger partial charge is 0.148 e. The molecule has 0 amide bonds. The van der Waals surface area contributed by atoms with Crippen molar-refractivity contribution in [3.8, 4) is 17.5 Å². The molecule has 3 aromatic rings. The molecule has 0 saturated heterocycles. The van der Waals surface area contributed by atoms with Gasteiger partial charge in [0.2, 0.25) is 0 Å². The van der Waals surface area contributed by atoms with Gasteiger partial charge in [0.25, 0.3) is 0 Å². The normalized spacial score (nSPS) is 10.7. The van der Waals surface area contributed by atoms with Crippen LogP contribution in [0.25, 0.3) is 22.4 Å². The van der Waals surface area contributed by atoms with E-state index >= 15 is 0 Å². The van der Waals surface area contributed by atoms with Crippen LogP contribution in [0.1, 0.15) is 5.56 Å². The second-order valence-electron chi connectivity index (χ2n) is 4.41. The van der Waals surface area contributed by atoms with Crippen LogP contribution < -0.4 is 0 Å². The van der Waals surface area contributed by atoms with E-state index in [0.717, 1.165) is 11.0 Å². The molecule has 20 heavy (non-hydrogen) atoms. The molecule has 3 rings (SSSR count). The fourth-order valence-corrected chi connectivity index (χ4v) is 2.54. The molecule has 0 radical (unpaired) electrons. The van der Waals surface area contributed by atoms with Gasteiger partial charge >= 0.3 is 0 Å². The zero-order valence-corrected chi connectivity index (χ0v) is 12.1. The predicted octanol–water partition coefficient (Wildman–Crippen LogP) is 4.01. The van der Waals surface area contributed by atoms with Crippen molar-refractivity contribution in [2.45, 2.75) is 0 Å². The van der Waals surface area contributed by atoms with Gasteiger partial charge in [-0.15, -0.1) is 0 Å². The first-order chi connectivity index (χ1) is 9.61. The summed E-state index contributed by atoms with van der Waals surface area (Å²) in [4.78, 5) is 4.45. The first-order valence-corrected chi connectivity index (χ1v) is 6.72. The third-order valence-corrected chi connectivity index (χ3v) is 3.81. The molecule has 0 unspecified atom stereocenters. The van der Waals surface area contributed by atoms with E-state index in [9.17, 15) is 4.39 Å². The maximum absolute atomic E-state index is 14.2. The van der Waals surface area contributed by atoms with E-state index in [-0.39, 0.29) is 5.82 Å². The van der Waals surface area contributed by atoms with Gasteiger partial charge in [0.15, 0.2) is 0 Å². The van der Waals surface area contributed by atoms with E-state index < -0.39 is 0 Å². The van der Waals surface area contributed by atoms with Gasteiger partial charge in [0.1, 0.15) is 11.6 Å². The summed E-state index contributed by atoms with van der Waals surface area (Å²) >= 11 is 3.18. The summed E-state index contributed by atoms with van der Waals surface area (Å²) < 4.78 is 16.4. The number of hydrogen-bond acceptors (Lipinski definition) is 2. The summed E-state index contributed by atoms with van der Waals surface area (Å²) in [6.07, 6.45) is 0. The lowest BCUT2D eigenvalue weighted by molar-refractivity contribution is 0.622. The van der Waals surface area contributed by atoms with Crippen molar-refractivity contribution in [3.63, 3.8) is 0 Å². The molecule has 0 aliphatic carbocycles. The summed E-state index contributed by atoms with van der Waals surface area (Å²) in [6, 6.07) is 12.4. The molecule has 98 valence electrons. The van der Waals surface area contributed by atoms with Gasteiger partial charge in [-0.1, -0.05) is 6.07 Å². The molecule has 0 fully saturated rings. The molecule has 0 N–H and O–H groups in total. The van der Waals surface area contributed by atoms with Crippen LogP contribution in [0, 0.1) is 17.1 Å². The largest absolute Gasteiger partial charge is 0.327 e. The highest BCUT2D eigenvalue weighted by Crippen LogP contribution is 2.29. The van der Waals surface area contributed by atoms with Crippen molar-refractivity contribution in [2.75, 3.05) is 0 Å². The van der Waals surface area contributed by atoms with Crippen molar-refractivity contribution in [1.82, 2.24) is 9.55 Å². The number of hydrogen-bond donors (Lipinski definition) is 0. The van der Waals surface area contributed by atoms with E-state index in [2.05, 4.69) is 27.0 Å². The fraction of sp³-hybridized carbons (Fsp3) is 0.0667. The number of imidazole rings is 1. The number of nitrogens with zero attached hydrogens (tertiary/aromatic N) is 3. The first-order valence-electron chi connectivity index (χ1n) is 5.93. The molecule has 1 aromatic heterocycles. The molecule has 3 nitrogen and oxygen atoms in total. The second-order valence-corrected chi connectivity index (χ2v) is 5.27. The number of fused-ring (bicyclic) bond motifs is 1. The molecule has 5 heteroatoms. The van der Waals surface area contributed by atoms with Gasteiger partial charge in [-0.2, -0.15) is 5.26 Å². The van der Waals surface area contributed by atoms with Crippen molar-refractivity contribution < 1.29 is 4.39 Å². The lowest BCUT2D eigenvalue weighted by Crippen LogP contribution is -1.95. The third kappa shape index (κ3) is 1.89. The van der Waals surface area contributed by atoms with Crippen LogP contribution in [0.5, 0.6) is 0 Å². The minimum absolute atomic E-state index is 0.341. The quantitative estimate of drug-likeness (QED) is 0.676. The number of benzene rings is 2. The van der Waals surface area contributed by atoms with E-state index in [1.165, 1.54) is 0 Å². The Hall–Kier alpha value is -2.19. The van der Waals surface area contributed by atoms with Crippen molar-refractivity contribution in [2.24, 2.45) is 7.05 Å². The molecule has 1 heterocycles. The van der Waals surface area contributed by atoms with Gasteiger partial charge in [0, 0.05) is 7.05 Å². The molecule has 0 saturated carbocycles. The zero-order chi connectivity index (χ0) is 14.3. The van der Waals surface area contributed by atoms with Crippen LogP contribution in [0.15, 0.2) is 40.9 Å². The van der Waals surface area contributed by atoms with Crippen molar-refractivity contribution in [1.29, 1.82) is 5.26 Å². The van der Waals surface area contributed by atoms with Crippen LogP contribution >= 0.6 is 15.9 Å². The number of nitriles is 1. The maximum Gasteiger partial charge on any atom is 0.148 e. The summed E-state index contributed by atoms with van der Waals surface area (Å²) in [5, 5.41) is 8.95. The highest BCUT2D eigenvalue weighted by atomic mass is 79.9. The molecule has 0 spiro atoms. The van der Waals surface area contributed by atoms with E-state index in [1.54, 1.807) is 41.0 Å². The summed E-state index contributed by atoms with van der Waals surface area (Å²) in [5.41, 5.74) is 2.53. The van der Waals surface area contributed by atoms with Crippen LogP contribution in [-0.4, -0.2) is 9.55 Å². The van der Waals surface area contributed by atoms with Crippen molar-refractivity contribution in [3.05, 3.63) is 52.3 Å². The topological polar surface area (TPSA) is 41.6 Å². The summed E-state index contributed by atoms with van der Waals surface area (Å²) in [6.45, 7) is 0. The third-order valence-electron chi connectivity index (χ3n) is 3.20. The van der Waals surface area contributed by atoms with Crippen LogP contribution in [0.4, 0.5) is 4.39 Å². The van der Waals surface area contributed by atoms with Crippen molar-refractivity contribution >= 4 is 27.0 Å². The van der Waals surface area contributed by atoms with Gasteiger partial charge in [-0.3, -0.25) is 0 Å². The second kappa shape index (κ2) is 4.73. The Morgan fingerprint density at radius 2 is 2.10 bits per heavy atom. The van der Waals surface area contributed by atoms with Crippen LogP contribution in [-0.2, 0) is 7.05 Å². The Morgan fingerprint density at radius 3 is 2.85 bits per heavy atom. The Balaban J connectivity index is 2.30. The first kappa shape index (κ1) is 12.8. The standard InChI is InChI=1S/C15H9BrFN3/c1-20-13-7-9(8-18)5-6-12(13)19-15(20)10-3-2-4-11(16)14(10)17/h2-7H,1H3. The Bertz CT molecular complexity index is 861. The molecule has 0 aliphatic heterocycles. The average Bonchev–Trinajstić information content (AvgIpc) is 2.78. The molecule has 0 aliphatic rings. The minimum Gasteiger partial charge on any atom is -0.327 e. The monoisotopic (exact) mass is 329 g/mol. The Labute approximate surface area is 123 Å². The lowest BCUT2D eigenvalue weighted by atomic mass is 10.2. The van der Waals surface area contributed by atoms with E-state index in [0.29, 0.717) is 21.4 Å². The van der Waals surface area contributed by atoms with E-state index in [4.69, 9.17) is 5.26 Å². The molecule has 2 aromatic carbocycles. The molecular weight excluding hydrogens is 321 g/mol. The van der Waals surface area contributed by atoms with Gasteiger partial charge in [0.05, 0.1) is 32.7 Å². The number of rotatable bonds is 1. The Morgan fingerprint density at radius 1 is 1.30 bits per heavy atom. The number of aromatic nitrogens is 2. The molecule has 0 bridgehead atoms. The Kier molecular flexibility index (Phi) is 3.03. The zero-order valence-electron chi connectivity index (χ0n) is 10.6. The number of halogens is 2. The van der Waals surface area contributed by atoms with E-state index in [1.807, 2.05) is 7.05 Å². The number of aryl methyl sites for hydroxylation is 1. The van der Waals surface area contributed by atoms with Crippen LogP contribution in [0.3, 0.4) is 0 Å². The SMILES string of the molecule is Cn1c(-c2cccc(Br)c2F)nc2ccc(C#N)cc21. The lowest BCUT2D eigenvalue weighted by Gasteiger charge is -2.05. The summed E-state index contributed by atoms with van der Waals surface area (Å²) in [7, 11) is 1.81. The van der Waals surface area contributed by atoms with Gasteiger partial charge in [-0.25, -0.2) is 9.37 Å². The van der Waals surface area contributed by atoms with Crippen LogP contribution in [0.2, 0.25) is 0 Å². The average molecular weight is 330 g/mol. The minimum atomic E-state index is -0.341. The van der Waals surface area contributed by atoms with Gasteiger partial charge in [-0.05, 0) is 46.3 Å². The summed E-state index contributed by atoms with van der Waals surface area (Å²) in [5.74, 6) is 0.195. The fourth-order valence-electron chi connectivity index (χ4n) is 2.18. The highest BCUT2D eigenvalue weighted by Gasteiger charge is 2.15. The molecule has 0 atom stereocenters.